The van der Waals surface area contributed by atoms with Crippen LogP contribution in [0.3, 0.4) is 0 Å². The van der Waals surface area contributed by atoms with Gasteiger partial charge in [-0.25, -0.2) is 0 Å². The van der Waals surface area contributed by atoms with Crippen LogP contribution >= 0.6 is 23.4 Å². The molecule has 1 N–H and O–H groups in total. The number of carbonyl (C=O) groups excluding carboxylic acids is 1. The third-order valence-electron chi connectivity index (χ3n) is 3.46. The summed E-state index contributed by atoms with van der Waals surface area (Å²) in [7, 11) is 0. The minimum Gasteiger partial charge on any atom is -0.511 e. The first kappa shape index (κ1) is 19.1. The lowest BCUT2D eigenvalue weighted by molar-refractivity contribution is -0.116. The van der Waals surface area contributed by atoms with E-state index in [2.05, 4.69) is 19.0 Å². The van der Waals surface area contributed by atoms with Crippen LogP contribution < -0.4 is 0 Å². The Morgan fingerprint density at radius 3 is 2.91 bits per heavy atom. The lowest BCUT2D eigenvalue weighted by Crippen LogP contribution is -2.25. The highest BCUT2D eigenvalue weighted by atomic mass is 35.5. The number of oxime groups is 1. The average molecular weight is 346 g/mol. The Morgan fingerprint density at radius 1 is 1.59 bits per heavy atom. The van der Waals surface area contributed by atoms with Crippen LogP contribution in [0.4, 0.5) is 0 Å². The largest absolute Gasteiger partial charge is 0.511 e. The van der Waals surface area contributed by atoms with E-state index >= 15 is 0 Å². The van der Waals surface area contributed by atoms with E-state index in [9.17, 15) is 9.90 Å². The second-order valence-corrected chi connectivity index (χ2v) is 7.32. The Kier molecular flexibility index (Phi) is 8.64. The molecule has 0 aliphatic heterocycles. The van der Waals surface area contributed by atoms with Gasteiger partial charge in [0, 0.05) is 23.6 Å². The van der Waals surface area contributed by atoms with E-state index in [0.29, 0.717) is 29.4 Å². The molecule has 0 aromatic heterocycles. The van der Waals surface area contributed by atoms with E-state index in [1.807, 2.05) is 11.8 Å². The van der Waals surface area contributed by atoms with E-state index in [4.69, 9.17) is 16.4 Å². The predicted molar refractivity (Wildman–Crippen MR) is 93.7 cm³/mol. The van der Waals surface area contributed by atoms with Crippen molar-refractivity contribution in [2.45, 2.75) is 45.3 Å². The van der Waals surface area contributed by atoms with Crippen LogP contribution in [0.5, 0.6) is 0 Å². The van der Waals surface area contributed by atoms with E-state index in [0.717, 1.165) is 12.2 Å². The fourth-order valence-corrected chi connectivity index (χ4v) is 3.68. The van der Waals surface area contributed by atoms with Crippen LogP contribution in [0.25, 0.3) is 0 Å². The zero-order valence-electron chi connectivity index (χ0n) is 13.3. The maximum absolute atomic E-state index is 12.3. The molecular weight excluding hydrogens is 322 g/mol. The summed E-state index contributed by atoms with van der Waals surface area (Å²) in [5.74, 6) is 1.35. The summed E-state index contributed by atoms with van der Waals surface area (Å²) in [6.07, 6.45) is 3.53. The Hall–Kier alpha value is -0.940. The number of halogens is 1. The van der Waals surface area contributed by atoms with Crippen LogP contribution in [0.15, 0.2) is 28.1 Å². The lowest BCUT2D eigenvalue weighted by atomic mass is 9.83. The number of nitrogens with zero attached hydrogens (tertiary/aromatic N) is 1. The number of ketones is 1. The highest BCUT2D eigenvalue weighted by Crippen LogP contribution is 2.32. The minimum absolute atomic E-state index is 0.0554. The van der Waals surface area contributed by atoms with E-state index in [-0.39, 0.29) is 24.1 Å². The standard InChI is InChI=1S/C16H24ClNO3S/c1-4-22-11(2)8-13-9-14(19)16(15(20)10-13)12(3)18-21-7-5-6-17/h5-6,11,13,19H,4,7-10H2,1-3H3/b6-5+,18-12-/t11-,13-/m0/s1. The Balaban J connectivity index is 2.70. The summed E-state index contributed by atoms with van der Waals surface area (Å²) in [6.45, 7) is 6.20. The zero-order valence-corrected chi connectivity index (χ0v) is 14.9. The molecule has 2 atom stereocenters. The normalized spacial score (nSPS) is 21.5. The summed E-state index contributed by atoms with van der Waals surface area (Å²) in [5.41, 5.74) is 2.06. The molecular formula is C16H24ClNO3S. The van der Waals surface area contributed by atoms with Gasteiger partial charge in [-0.3, -0.25) is 4.79 Å². The van der Waals surface area contributed by atoms with Crippen molar-refractivity contribution >= 4 is 34.9 Å². The fraction of sp³-hybridized carbons (Fsp3) is 0.625. The molecule has 0 aromatic carbocycles. The van der Waals surface area contributed by atoms with Crippen LogP contribution in [0.1, 0.15) is 40.0 Å². The predicted octanol–water partition coefficient (Wildman–Crippen LogP) is 4.45. The number of allylic oxidation sites excluding steroid dienone is 2. The molecule has 0 unspecified atom stereocenters. The van der Waals surface area contributed by atoms with E-state index < -0.39 is 0 Å². The number of aliphatic hydroxyl groups is 1. The van der Waals surface area contributed by atoms with Crippen molar-refractivity contribution in [3.8, 4) is 0 Å². The van der Waals surface area contributed by atoms with Gasteiger partial charge in [-0.15, -0.1) is 0 Å². The number of rotatable bonds is 8. The van der Waals surface area contributed by atoms with Crippen molar-refractivity contribution in [3.05, 3.63) is 22.9 Å². The fourth-order valence-electron chi connectivity index (χ4n) is 2.63. The smallest absolute Gasteiger partial charge is 0.168 e. The molecule has 0 fully saturated rings. The third kappa shape index (κ3) is 6.05. The number of hydrogen-bond acceptors (Lipinski definition) is 5. The van der Waals surface area contributed by atoms with E-state index in [1.165, 1.54) is 5.54 Å². The molecule has 22 heavy (non-hydrogen) atoms. The molecule has 0 radical (unpaired) electrons. The molecule has 4 nitrogen and oxygen atoms in total. The monoisotopic (exact) mass is 345 g/mol. The molecule has 124 valence electrons. The number of hydrogen-bond donors (Lipinski definition) is 1. The molecule has 0 aromatic rings. The summed E-state index contributed by atoms with van der Waals surface area (Å²) in [4.78, 5) is 17.3. The van der Waals surface area contributed by atoms with Crippen molar-refractivity contribution in [1.82, 2.24) is 0 Å². The van der Waals surface area contributed by atoms with Gasteiger partial charge in [0.1, 0.15) is 12.4 Å². The summed E-state index contributed by atoms with van der Waals surface area (Å²) in [5, 5.41) is 14.6. The van der Waals surface area contributed by atoms with Crippen LogP contribution in [0.2, 0.25) is 0 Å². The average Bonchev–Trinajstić information content (AvgIpc) is 2.43. The molecule has 1 aliphatic rings. The number of aliphatic hydroxyl groups excluding tert-OH is 1. The van der Waals surface area contributed by atoms with Gasteiger partial charge in [-0.2, -0.15) is 11.8 Å². The van der Waals surface area contributed by atoms with Gasteiger partial charge in [0.15, 0.2) is 5.78 Å². The quantitative estimate of drug-likeness (QED) is 0.401. The molecule has 0 saturated carbocycles. The lowest BCUT2D eigenvalue weighted by Gasteiger charge is -2.25. The highest BCUT2D eigenvalue weighted by Gasteiger charge is 2.30. The van der Waals surface area contributed by atoms with Crippen molar-refractivity contribution in [1.29, 1.82) is 0 Å². The SMILES string of the molecule is CCS[C@@H](C)C[C@@H]1CC(=O)C(/C(C)=N\OC/C=C/Cl)=C(O)C1. The molecule has 1 rings (SSSR count). The molecule has 0 amide bonds. The molecule has 0 heterocycles. The van der Waals surface area contributed by atoms with Crippen LogP contribution in [-0.2, 0) is 9.63 Å². The van der Waals surface area contributed by atoms with Crippen molar-refractivity contribution in [3.63, 3.8) is 0 Å². The van der Waals surface area contributed by atoms with Gasteiger partial charge >= 0.3 is 0 Å². The number of Topliss-reactive ketones (excluding diaryl/α,β-unsaturated/α-hetero) is 1. The first-order valence-electron chi connectivity index (χ1n) is 7.48. The molecule has 0 spiro atoms. The van der Waals surface area contributed by atoms with Crippen molar-refractivity contribution in [2.24, 2.45) is 11.1 Å². The number of thioether (sulfide) groups is 1. The van der Waals surface area contributed by atoms with Gasteiger partial charge < -0.3 is 9.94 Å². The van der Waals surface area contributed by atoms with Gasteiger partial charge in [0.2, 0.25) is 0 Å². The van der Waals surface area contributed by atoms with Crippen molar-refractivity contribution < 1.29 is 14.7 Å². The molecule has 1 aliphatic carbocycles. The van der Waals surface area contributed by atoms with Crippen molar-refractivity contribution in [2.75, 3.05) is 12.4 Å². The first-order valence-corrected chi connectivity index (χ1v) is 8.97. The van der Waals surface area contributed by atoms with Crippen LogP contribution in [-0.4, -0.2) is 34.2 Å². The Morgan fingerprint density at radius 2 is 2.32 bits per heavy atom. The molecule has 6 heteroatoms. The first-order chi connectivity index (χ1) is 10.5. The summed E-state index contributed by atoms with van der Waals surface area (Å²) < 4.78 is 0. The summed E-state index contributed by atoms with van der Waals surface area (Å²) >= 11 is 7.26. The second kappa shape index (κ2) is 9.95. The summed E-state index contributed by atoms with van der Waals surface area (Å²) in [6, 6.07) is 0. The van der Waals surface area contributed by atoms with Gasteiger partial charge in [0.05, 0.1) is 11.3 Å². The minimum atomic E-state index is -0.0554. The van der Waals surface area contributed by atoms with Gasteiger partial charge in [0.25, 0.3) is 0 Å². The zero-order chi connectivity index (χ0) is 16.5. The topological polar surface area (TPSA) is 58.9 Å². The Bertz CT molecular complexity index is 474. The maximum Gasteiger partial charge on any atom is 0.168 e. The number of carbonyl (C=O) groups is 1. The van der Waals surface area contributed by atoms with Gasteiger partial charge in [-0.1, -0.05) is 30.6 Å². The van der Waals surface area contributed by atoms with Crippen LogP contribution in [0, 0.1) is 5.92 Å². The molecule has 0 bridgehead atoms. The van der Waals surface area contributed by atoms with E-state index in [1.54, 1.807) is 13.0 Å². The highest BCUT2D eigenvalue weighted by molar-refractivity contribution is 7.99. The molecule has 0 saturated heterocycles. The van der Waals surface area contributed by atoms with Gasteiger partial charge in [-0.05, 0) is 31.1 Å². The Labute approximate surface area is 141 Å². The maximum atomic E-state index is 12.3. The second-order valence-electron chi connectivity index (χ2n) is 5.35. The third-order valence-corrected chi connectivity index (χ3v) is 4.74.